The van der Waals surface area contributed by atoms with Gasteiger partial charge in [-0.15, -0.1) is 11.8 Å². The van der Waals surface area contributed by atoms with Crippen molar-refractivity contribution in [2.75, 3.05) is 10.6 Å². The Hall–Kier alpha value is -3.83. The molecule has 0 aliphatic heterocycles. The van der Waals surface area contributed by atoms with Gasteiger partial charge in [0, 0.05) is 21.8 Å². The molecule has 4 aromatic carbocycles. The summed E-state index contributed by atoms with van der Waals surface area (Å²) in [6, 6.07) is 30.7. The van der Waals surface area contributed by atoms with E-state index in [1.54, 1.807) is 0 Å². The number of aryl methyl sites for hydroxylation is 2. The Kier molecular flexibility index (Phi) is 7.68. The second kappa shape index (κ2) is 11.1. The summed E-state index contributed by atoms with van der Waals surface area (Å²) in [7, 11) is 0. The molecule has 0 saturated carbocycles. The van der Waals surface area contributed by atoms with Crippen LogP contribution < -0.4 is 10.6 Å². The van der Waals surface area contributed by atoms with Gasteiger partial charge < -0.3 is 10.6 Å². The molecule has 2 amide bonds. The molecule has 0 bridgehead atoms. The number of carbonyl (C=O) groups is 2. The van der Waals surface area contributed by atoms with E-state index in [4.69, 9.17) is 0 Å². The van der Waals surface area contributed by atoms with Crippen molar-refractivity contribution >= 4 is 35.0 Å². The SMILES string of the molecule is Cc1ccc(C(=O)Nc2ccc(SC(C(=O)Nc3cccc(C)c3C)c3ccccc3)cc2)cc1. The van der Waals surface area contributed by atoms with Gasteiger partial charge in [0.25, 0.3) is 5.91 Å². The van der Waals surface area contributed by atoms with Crippen molar-refractivity contribution < 1.29 is 9.59 Å². The number of hydrogen-bond acceptors (Lipinski definition) is 3. The topological polar surface area (TPSA) is 58.2 Å². The lowest BCUT2D eigenvalue weighted by Crippen LogP contribution is -2.19. The van der Waals surface area contributed by atoms with Crippen LogP contribution in [0.1, 0.15) is 37.9 Å². The Morgan fingerprint density at radius 2 is 1.40 bits per heavy atom. The van der Waals surface area contributed by atoms with Gasteiger partial charge in [-0.3, -0.25) is 9.59 Å². The molecule has 1 atom stereocenters. The van der Waals surface area contributed by atoms with E-state index in [0.29, 0.717) is 11.3 Å². The number of rotatable bonds is 7. The van der Waals surface area contributed by atoms with Gasteiger partial charge in [0.05, 0.1) is 0 Å². The molecule has 0 heterocycles. The van der Waals surface area contributed by atoms with Gasteiger partial charge >= 0.3 is 0 Å². The summed E-state index contributed by atoms with van der Waals surface area (Å²) in [6.07, 6.45) is 0. The van der Waals surface area contributed by atoms with Crippen LogP contribution in [0, 0.1) is 20.8 Å². The molecule has 4 rings (SSSR count). The molecule has 2 N–H and O–H groups in total. The third-order valence-corrected chi connectivity index (χ3v) is 7.15. The molecule has 1 unspecified atom stereocenters. The Bertz CT molecular complexity index is 1320. The average molecular weight is 481 g/mol. The normalized spacial score (nSPS) is 11.5. The molecule has 4 nitrogen and oxygen atoms in total. The molecule has 176 valence electrons. The van der Waals surface area contributed by atoms with E-state index in [0.717, 1.165) is 32.8 Å². The van der Waals surface area contributed by atoms with Crippen LogP contribution in [0.4, 0.5) is 11.4 Å². The quantitative estimate of drug-likeness (QED) is 0.272. The van der Waals surface area contributed by atoms with Crippen molar-refractivity contribution in [3.8, 4) is 0 Å². The first-order chi connectivity index (χ1) is 16.9. The van der Waals surface area contributed by atoms with Crippen LogP contribution in [0.3, 0.4) is 0 Å². The summed E-state index contributed by atoms with van der Waals surface area (Å²) in [6.45, 7) is 6.04. The highest BCUT2D eigenvalue weighted by atomic mass is 32.2. The molecule has 5 heteroatoms. The lowest BCUT2D eigenvalue weighted by Gasteiger charge is -2.19. The fraction of sp³-hybridized carbons (Fsp3) is 0.133. The molecule has 0 aliphatic rings. The van der Waals surface area contributed by atoms with Gasteiger partial charge in [0.2, 0.25) is 5.91 Å². The third kappa shape index (κ3) is 6.19. The van der Waals surface area contributed by atoms with Crippen LogP contribution in [0.15, 0.2) is 102 Å². The standard InChI is InChI=1S/C30H28N2O2S/c1-20-12-14-24(15-13-20)29(33)31-25-16-18-26(19-17-25)35-28(23-9-5-4-6-10-23)30(34)32-27-11-7-8-21(2)22(27)3/h4-19,28H,1-3H3,(H,31,33)(H,32,34). The summed E-state index contributed by atoms with van der Waals surface area (Å²) < 4.78 is 0. The molecule has 0 aliphatic carbocycles. The van der Waals surface area contributed by atoms with Crippen LogP contribution in [-0.2, 0) is 4.79 Å². The summed E-state index contributed by atoms with van der Waals surface area (Å²) >= 11 is 1.48. The predicted molar refractivity (Wildman–Crippen MR) is 145 cm³/mol. The van der Waals surface area contributed by atoms with E-state index in [1.807, 2.05) is 118 Å². The Morgan fingerprint density at radius 1 is 0.714 bits per heavy atom. The first kappa shape index (κ1) is 24.3. The Balaban J connectivity index is 1.50. The maximum Gasteiger partial charge on any atom is 0.255 e. The zero-order valence-corrected chi connectivity index (χ0v) is 20.9. The monoisotopic (exact) mass is 480 g/mol. The number of nitrogens with one attached hydrogen (secondary N) is 2. The Morgan fingerprint density at radius 3 is 2.09 bits per heavy atom. The highest BCUT2D eigenvalue weighted by Gasteiger charge is 2.23. The lowest BCUT2D eigenvalue weighted by molar-refractivity contribution is -0.115. The maximum absolute atomic E-state index is 13.4. The van der Waals surface area contributed by atoms with E-state index < -0.39 is 5.25 Å². The lowest BCUT2D eigenvalue weighted by atomic mass is 10.1. The number of anilines is 2. The van der Waals surface area contributed by atoms with Crippen LogP contribution in [-0.4, -0.2) is 11.8 Å². The molecule has 35 heavy (non-hydrogen) atoms. The smallest absolute Gasteiger partial charge is 0.255 e. The van der Waals surface area contributed by atoms with Crippen molar-refractivity contribution in [1.82, 2.24) is 0 Å². The molecule has 4 aromatic rings. The van der Waals surface area contributed by atoms with Crippen molar-refractivity contribution in [2.24, 2.45) is 0 Å². The van der Waals surface area contributed by atoms with Crippen molar-refractivity contribution in [3.63, 3.8) is 0 Å². The minimum absolute atomic E-state index is 0.0772. The molecular formula is C30H28N2O2S. The number of benzene rings is 4. The van der Waals surface area contributed by atoms with Gasteiger partial charge in [-0.1, -0.05) is 60.2 Å². The fourth-order valence-corrected chi connectivity index (χ4v) is 4.67. The van der Waals surface area contributed by atoms with Gasteiger partial charge in [0.1, 0.15) is 5.25 Å². The van der Waals surface area contributed by atoms with E-state index in [-0.39, 0.29) is 11.8 Å². The van der Waals surface area contributed by atoms with Crippen LogP contribution >= 0.6 is 11.8 Å². The summed E-state index contributed by atoms with van der Waals surface area (Å²) in [5.41, 5.74) is 6.37. The van der Waals surface area contributed by atoms with E-state index >= 15 is 0 Å². The van der Waals surface area contributed by atoms with E-state index in [2.05, 4.69) is 10.6 Å². The van der Waals surface area contributed by atoms with Crippen LogP contribution in [0.25, 0.3) is 0 Å². The number of carbonyl (C=O) groups excluding carboxylic acids is 2. The average Bonchev–Trinajstić information content (AvgIpc) is 2.87. The molecule has 0 spiro atoms. The molecule has 0 saturated heterocycles. The minimum atomic E-state index is -0.427. The maximum atomic E-state index is 13.4. The van der Waals surface area contributed by atoms with E-state index in [1.165, 1.54) is 11.8 Å². The second-order valence-corrected chi connectivity index (χ2v) is 9.67. The van der Waals surface area contributed by atoms with Crippen molar-refractivity contribution in [3.05, 3.63) is 125 Å². The van der Waals surface area contributed by atoms with Gasteiger partial charge in [-0.05, 0) is 79.9 Å². The van der Waals surface area contributed by atoms with Gasteiger partial charge in [0.15, 0.2) is 0 Å². The van der Waals surface area contributed by atoms with Gasteiger partial charge in [-0.2, -0.15) is 0 Å². The molecule has 0 fully saturated rings. The predicted octanol–water partition coefficient (Wildman–Crippen LogP) is 7.34. The van der Waals surface area contributed by atoms with E-state index in [9.17, 15) is 9.59 Å². The highest BCUT2D eigenvalue weighted by molar-refractivity contribution is 8.00. The largest absolute Gasteiger partial charge is 0.325 e. The van der Waals surface area contributed by atoms with Crippen LogP contribution in [0.2, 0.25) is 0 Å². The molecule has 0 aromatic heterocycles. The first-order valence-corrected chi connectivity index (χ1v) is 12.4. The summed E-state index contributed by atoms with van der Waals surface area (Å²) in [5.74, 6) is -0.230. The highest BCUT2D eigenvalue weighted by Crippen LogP contribution is 2.37. The number of amides is 2. The summed E-state index contributed by atoms with van der Waals surface area (Å²) in [5, 5.41) is 5.62. The molecule has 0 radical (unpaired) electrons. The van der Waals surface area contributed by atoms with Crippen molar-refractivity contribution in [1.29, 1.82) is 0 Å². The van der Waals surface area contributed by atoms with Crippen LogP contribution in [0.5, 0.6) is 0 Å². The summed E-state index contributed by atoms with van der Waals surface area (Å²) in [4.78, 5) is 26.8. The van der Waals surface area contributed by atoms with Crippen molar-refractivity contribution in [2.45, 2.75) is 30.9 Å². The minimum Gasteiger partial charge on any atom is -0.325 e. The Labute approximate surface area is 210 Å². The first-order valence-electron chi connectivity index (χ1n) is 11.5. The zero-order chi connectivity index (χ0) is 24.8. The number of hydrogen-bond donors (Lipinski definition) is 2. The fourth-order valence-electron chi connectivity index (χ4n) is 3.65. The molecular weight excluding hydrogens is 452 g/mol. The number of thioether (sulfide) groups is 1. The second-order valence-electron chi connectivity index (χ2n) is 8.49. The zero-order valence-electron chi connectivity index (χ0n) is 20.0. The third-order valence-electron chi connectivity index (χ3n) is 5.88. The van der Waals surface area contributed by atoms with Gasteiger partial charge in [-0.25, -0.2) is 0 Å².